The van der Waals surface area contributed by atoms with Gasteiger partial charge >= 0.3 is 23.9 Å². The number of ether oxygens (including phenoxy) is 7. The van der Waals surface area contributed by atoms with E-state index in [4.69, 9.17) is 37.6 Å². The van der Waals surface area contributed by atoms with Gasteiger partial charge in [-0.3, -0.25) is 19.2 Å². The first-order valence-corrected chi connectivity index (χ1v) is 28.3. The van der Waals surface area contributed by atoms with Crippen LogP contribution < -0.4 is 5.32 Å². The van der Waals surface area contributed by atoms with Crippen LogP contribution in [0.4, 0.5) is 0 Å². The summed E-state index contributed by atoms with van der Waals surface area (Å²) in [6, 6.07) is 22.9. The lowest BCUT2D eigenvalue weighted by atomic mass is 9.44. The van der Waals surface area contributed by atoms with Gasteiger partial charge in [0.2, 0.25) is 0 Å². The molecule has 3 aliphatic carbocycles. The molecule has 17 nitrogen and oxygen atoms in total. The van der Waals surface area contributed by atoms with E-state index >= 15 is 9.59 Å². The molecule has 406 valence electrons. The summed E-state index contributed by atoms with van der Waals surface area (Å²) < 4.78 is 51.6. The van der Waals surface area contributed by atoms with Crippen molar-refractivity contribution in [1.82, 2.24) is 5.32 Å². The highest BCUT2D eigenvalue weighted by Gasteiger charge is 2.79. The predicted octanol–water partition coefficient (Wildman–Crippen LogP) is 7.88. The number of aromatic hydroxyl groups is 1. The molecule has 1 amide bonds. The smallest absolute Gasteiger partial charge is 0.338 e. The Balaban J connectivity index is 1.49. The standard InChI is InChI=1S/C57H73NO16Si/c1-13-75(14-2,15-3)74-41-30-42-56(32-68-42,72-35(6)60)47-49(71-51(64)37-26-20-17-21-27-37)57(66)31-40(33(4)43(53(57,7)8)45(69-34(5)59)48(62)55(41,47)11)70-52(65)46(73-54(9,10)67-12)44(38-28-22-23-29-39(38)61)58-50(63)36-24-18-16-19-25-36/h16-29,40-42,44-47,49,61,66H,13-15,30-32H2,1-12H3,(H,58,63). The molecular formula is C57H73NO16Si. The fourth-order valence-electron chi connectivity index (χ4n) is 12.2. The second-order valence-corrected chi connectivity index (χ2v) is 26.3. The van der Waals surface area contributed by atoms with Crippen LogP contribution in [-0.4, -0.2) is 121 Å². The normalized spacial score (nSPS) is 28.9. The third kappa shape index (κ3) is 10.3. The number of ketones is 1. The first kappa shape index (κ1) is 57.0. The van der Waals surface area contributed by atoms with Gasteiger partial charge in [-0.1, -0.05) is 89.2 Å². The zero-order valence-corrected chi connectivity index (χ0v) is 46.1. The number of amides is 1. The Labute approximate surface area is 440 Å². The third-order valence-electron chi connectivity index (χ3n) is 16.8. The van der Waals surface area contributed by atoms with E-state index < -0.39 is 127 Å². The van der Waals surface area contributed by atoms with Crippen molar-refractivity contribution in [3.05, 3.63) is 113 Å². The summed E-state index contributed by atoms with van der Waals surface area (Å²) in [6.45, 7) is 17.8. The summed E-state index contributed by atoms with van der Waals surface area (Å²) in [5, 5.41) is 28.6. The van der Waals surface area contributed by atoms with E-state index in [1.807, 2.05) is 20.8 Å². The number of rotatable bonds is 18. The largest absolute Gasteiger partial charge is 0.508 e. The van der Waals surface area contributed by atoms with Crippen molar-refractivity contribution in [1.29, 1.82) is 0 Å². The molecule has 0 spiro atoms. The number of methoxy groups -OCH3 is 1. The van der Waals surface area contributed by atoms with Crippen LogP contribution >= 0.6 is 0 Å². The molecule has 7 rings (SSSR count). The highest BCUT2D eigenvalue weighted by atomic mass is 28.4. The summed E-state index contributed by atoms with van der Waals surface area (Å²) in [5.74, 6) is -8.17. The van der Waals surface area contributed by atoms with Crippen molar-refractivity contribution in [3.8, 4) is 5.75 Å². The van der Waals surface area contributed by atoms with Gasteiger partial charge in [0, 0.05) is 50.3 Å². The van der Waals surface area contributed by atoms with Gasteiger partial charge in [0.25, 0.3) is 5.91 Å². The van der Waals surface area contributed by atoms with Gasteiger partial charge in [0.05, 0.1) is 35.6 Å². The predicted molar refractivity (Wildman–Crippen MR) is 275 cm³/mol. The molecular weight excluding hydrogens is 983 g/mol. The van der Waals surface area contributed by atoms with Crippen LogP contribution in [0.25, 0.3) is 0 Å². The van der Waals surface area contributed by atoms with Crippen LogP contribution in [0.2, 0.25) is 18.1 Å². The van der Waals surface area contributed by atoms with Crippen LogP contribution in [-0.2, 0) is 56.8 Å². The van der Waals surface area contributed by atoms with Crippen molar-refractivity contribution in [2.24, 2.45) is 16.7 Å². The Morgan fingerprint density at radius 2 is 1.43 bits per heavy atom. The molecule has 0 aromatic heterocycles. The molecule has 11 atom stereocenters. The maximum Gasteiger partial charge on any atom is 0.338 e. The van der Waals surface area contributed by atoms with Gasteiger partial charge in [-0.15, -0.1) is 0 Å². The zero-order valence-electron chi connectivity index (χ0n) is 45.1. The number of fused-ring (bicyclic) bond motifs is 5. The van der Waals surface area contributed by atoms with Gasteiger partial charge in [-0.2, -0.15) is 0 Å². The monoisotopic (exact) mass is 1060 g/mol. The van der Waals surface area contributed by atoms with E-state index in [9.17, 15) is 29.4 Å². The Morgan fingerprint density at radius 3 is 1.96 bits per heavy atom. The number of carbonyl (C=O) groups excluding carboxylic acids is 6. The topological polar surface area (TPSA) is 229 Å². The number of hydrogen-bond donors (Lipinski definition) is 3. The molecule has 1 heterocycles. The van der Waals surface area contributed by atoms with Gasteiger partial charge in [-0.05, 0) is 87.3 Å². The molecule has 1 saturated heterocycles. The van der Waals surface area contributed by atoms with Crippen LogP contribution in [0, 0.1) is 16.7 Å². The lowest BCUT2D eigenvalue weighted by Crippen LogP contribution is -2.82. The van der Waals surface area contributed by atoms with Crippen molar-refractivity contribution in [2.75, 3.05) is 13.7 Å². The molecule has 11 unspecified atom stereocenters. The molecule has 0 radical (unpaired) electrons. The average Bonchev–Trinajstić information content (AvgIpc) is 3.37. The van der Waals surface area contributed by atoms with Crippen LogP contribution in [0.5, 0.6) is 5.75 Å². The Kier molecular flexibility index (Phi) is 16.5. The minimum Gasteiger partial charge on any atom is -0.508 e. The third-order valence-corrected chi connectivity index (χ3v) is 21.4. The number of benzene rings is 3. The lowest BCUT2D eigenvalue weighted by molar-refractivity contribution is -0.344. The van der Waals surface area contributed by atoms with Crippen LogP contribution in [0.3, 0.4) is 0 Å². The molecule has 1 aliphatic heterocycles. The number of phenols is 1. The zero-order chi connectivity index (χ0) is 55.1. The van der Waals surface area contributed by atoms with Crippen LogP contribution in [0.15, 0.2) is 96.1 Å². The first-order valence-electron chi connectivity index (χ1n) is 25.8. The maximum atomic E-state index is 16.5. The van der Waals surface area contributed by atoms with Gasteiger partial charge in [0.15, 0.2) is 37.7 Å². The fourth-order valence-corrected chi connectivity index (χ4v) is 15.1. The Hall–Kier alpha value is -5.76. The van der Waals surface area contributed by atoms with E-state index in [2.05, 4.69) is 5.32 Å². The molecule has 18 heteroatoms. The number of para-hydroxylation sites is 1. The number of Topliss-reactive ketones (excluding diaryl/α,β-unsaturated/α-hetero) is 1. The molecule has 2 bridgehead atoms. The maximum absolute atomic E-state index is 16.5. The summed E-state index contributed by atoms with van der Waals surface area (Å²) in [6.07, 6.45) is -9.26. The summed E-state index contributed by atoms with van der Waals surface area (Å²) in [5.41, 5.74) is -6.98. The van der Waals surface area contributed by atoms with Gasteiger partial charge < -0.3 is 53.1 Å². The molecule has 3 fully saturated rings. The molecule has 2 saturated carbocycles. The van der Waals surface area contributed by atoms with E-state index in [-0.39, 0.29) is 46.6 Å². The van der Waals surface area contributed by atoms with Crippen molar-refractivity contribution < 1.29 is 76.6 Å². The number of nitrogens with one attached hydrogen (secondary N) is 1. The number of carbonyl (C=O) groups is 6. The van der Waals surface area contributed by atoms with E-state index in [1.165, 1.54) is 52.1 Å². The number of hydrogen-bond acceptors (Lipinski definition) is 16. The number of esters is 4. The number of phenolic OH excluding ortho intramolecular Hbond substituents is 1. The lowest BCUT2D eigenvalue weighted by Gasteiger charge is -2.68. The van der Waals surface area contributed by atoms with Gasteiger partial charge in [-0.25, -0.2) is 9.59 Å². The van der Waals surface area contributed by atoms with Crippen molar-refractivity contribution in [2.45, 2.75) is 167 Å². The minimum absolute atomic E-state index is 0.0607. The van der Waals surface area contributed by atoms with E-state index in [0.29, 0.717) is 18.1 Å². The second kappa shape index (κ2) is 21.7. The summed E-state index contributed by atoms with van der Waals surface area (Å²) >= 11 is 0. The fraction of sp³-hybridized carbons (Fsp3) is 0.544. The first-order chi connectivity index (χ1) is 35.3. The van der Waals surface area contributed by atoms with Crippen molar-refractivity contribution >= 4 is 43.9 Å². The van der Waals surface area contributed by atoms with Crippen molar-refractivity contribution in [3.63, 3.8) is 0 Å². The van der Waals surface area contributed by atoms with Crippen LogP contribution in [0.1, 0.15) is 121 Å². The Bertz CT molecular complexity index is 2660. The van der Waals surface area contributed by atoms with E-state index in [1.54, 1.807) is 88.4 Å². The highest BCUT2D eigenvalue weighted by molar-refractivity contribution is 6.73. The molecule has 4 aliphatic rings. The average molecular weight is 1060 g/mol. The molecule has 75 heavy (non-hydrogen) atoms. The van der Waals surface area contributed by atoms with Gasteiger partial charge in [0.1, 0.15) is 29.7 Å². The minimum atomic E-state index is -2.67. The second-order valence-electron chi connectivity index (χ2n) is 21.5. The quantitative estimate of drug-likeness (QED) is 0.0362. The Morgan fingerprint density at radius 1 is 0.840 bits per heavy atom. The summed E-state index contributed by atoms with van der Waals surface area (Å²) in [4.78, 5) is 88.0. The highest BCUT2D eigenvalue weighted by Crippen LogP contribution is 2.65. The SMILES string of the molecule is CC[Si](CC)(CC)OC1CC2OCC2(OC(C)=O)C2C(OC(=O)c3ccccc3)C3(O)CC(OC(=O)C(OC(C)(C)OC)C(NC(=O)c4ccccc4)c4ccccc4O)C(C)=C(C(OC(C)=O)C(=O)C12C)C3(C)C. The summed E-state index contributed by atoms with van der Waals surface area (Å²) in [7, 11) is -1.32. The molecule has 3 aromatic rings. The number of aliphatic hydroxyl groups is 1. The van der Waals surface area contributed by atoms with E-state index in [0.717, 1.165) is 6.92 Å². The molecule has 3 aromatic carbocycles. The molecule has 3 N–H and O–H groups in total.